The average molecular weight is 222 g/mol. The number of methoxy groups -OCH3 is 1. The summed E-state index contributed by atoms with van der Waals surface area (Å²) < 4.78 is 6.51. The minimum absolute atomic E-state index is 0.0707. The molecule has 0 unspecified atom stereocenters. The molecule has 1 aliphatic rings. The van der Waals surface area contributed by atoms with Crippen molar-refractivity contribution in [2.24, 2.45) is 12.8 Å². The fraction of sp³-hybridized carbons (Fsp3) is 0.583. The Morgan fingerprint density at radius 1 is 1.62 bits per heavy atom. The Hall–Kier alpha value is -1.29. The normalized spacial score (nSPS) is 17.2. The molecule has 0 aliphatic heterocycles. The average Bonchev–Trinajstić information content (AvgIpc) is 2.87. The van der Waals surface area contributed by atoms with E-state index in [-0.39, 0.29) is 11.5 Å². The topological polar surface area (TPSA) is 57.2 Å². The van der Waals surface area contributed by atoms with Gasteiger partial charge in [-0.15, -0.1) is 0 Å². The predicted molar refractivity (Wildman–Crippen MR) is 61.2 cm³/mol. The molecule has 1 aromatic heterocycles. The molecule has 2 rings (SSSR count). The number of hydrogen-bond donors (Lipinski definition) is 1. The highest BCUT2D eigenvalue weighted by molar-refractivity contribution is 5.87. The van der Waals surface area contributed by atoms with Crippen LogP contribution in [0.5, 0.6) is 0 Å². The van der Waals surface area contributed by atoms with E-state index < -0.39 is 0 Å². The van der Waals surface area contributed by atoms with Crippen LogP contribution in [0.15, 0.2) is 12.3 Å². The summed E-state index contributed by atoms with van der Waals surface area (Å²) in [5, 5.41) is 0. The first-order valence-electron chi connectivity index (χ1n) is 5.56. The molecule has 1 heterocycles. The third-order valence-corrected chi connectivity index (χ3v) is 3.26. The van der Waals surface area contributed by atoms with Crippen LogP contribution in [0.25, 0.3) is 0 Å². The van der Waals surface area contributed by atoms with Gasteiger partial charge in [0.1, 0.15) is 5.69 Å². The Balaban J connectivity index is 2.02. The van der Waals surface area contributed by atoms with Crippen molar-refractivity contribution in [2.75, 3.05) is 7.11 Å². The van der Waals surface area contributed by atoms with E-state index in [0.29, 0.717) is 5.69 Å². The van der Waals surface area contributed by atoms with Crippen LogP contribution >= 0.6 is 0 Å². The van der Waals surface area contributed by atoms with Gasteiger partial charge in [0.25, 0.3) is 0 Å². The third kappa shape index (κ3) is 2.27. The zero-order valence-corrected chi connectivity index (χ0v) is 9.82. The molecule has 2 N–H and O–H groups in total. The lowest BCUT2D eigenvalue weighted by atomic mass is 10.1. The molecule has 0 amide bonds. The molecule has 0 radical (unpaired) electrons. The van der Waals surface area contributed by atoms with Crippen LogP contribution in [-0.4, -0.2) is 23.2 Å². The maximum Gasteiger partial charge on any atom is 0.354 e. The molecular weight excluding hydrogens is 204 g/mol. The number of carbonyl (C=O) groups excluding carboxylic acids is 1. The van der Waals surface area contributed by atoms with Gasteiger partial charge in [-0.25, -0.2) is 4.79 Å². The number of rotatable bonds is 4. The van der Waals surface area contributed by atoms with Crippen LogP contribution in [-0.2, 0) is 18.2 Å². The van der Waals surface area contributed by atoms with Gasteiger partial charge in [-0.1, -0.05) is 0 Å². The largest absolute Gasteiger partial charge is 0.464 e. The fourth-order valence-corrected chi connectivity index (χ4v) is 1.88. The van der Waals surface area contributed by atoms with E-state index in [1.807, 2.05) is 19.3 Å². The quantitative estimate of drug-likeness (QED) is 0.780. The van der Waals surface area contributed by atoms with Gasteiger partial charge in [-0.3, -0.25) is 0 Å². The molecule has 0 bridgehead atoms. The van der Waals surface area contributed by atoms with Gasteiger partial charge in [-0.05, 0) is 37.3 Å². The van der Waals surface area contributed by atoms with Gasteiger partial charge in [-0.2, -0.15) is 0 Å². The Bertz CT molecular complexity index is 405. The molecule has 0 atom stereocenters. The number of esters is 1. The standard InChI is InChI=1S/C12H18N2O2/c1-14-8-9(3-4-12(13)5-6-12)7-10(14)11(15)16-2/h7-8H,3-6,13H2,1-2H3. The fourth-order valence-electron chi connectivity index (χ4n) is 1.88. The SMILES string of the molecule is COC(=O)c1cc(CCC2(N)CC2)cn1C. The van der Waals surface area contributed by atoms with E-state index in [9.17, 15) is 4.79 Å². The number of nitrogens with two attached hydrogens (primary N) is 1. The molecule has 4 heteroatoms. The first kappa shape index (κ1) is 11.2. The highest BCUT2D eigenvalue weighted by Gasteiger charge is 2.37. The highest BCUT2D eigenvalue weighted by atomic mass is 16.5. The first-order chi connectivity index (χ1) is 7.54. The van der Waals surface area contributed by atoms with Gasteiger partial charge < -0.3 is 15.0 Å². The molecule has 1 aliphatic carbocycles. The van der Waals surface area contributed by atoms with Gasteiger partial charge in [0.05, 0.1) is 7.11 Å². The second kappa shape index (κ2) is 3.94. The number of carbonyl (C=O) groups is 1. The Morgan fingerprint density at radius 3 is 2.88 bits per heavy atom. The Labute approximate surface area is 95.4 Å². The van der Waals surface area contributed by atoms with E-state index in [4.69, 9.17) is 10.5 Å². The van der Waals surface area contributed by atoms with E-state index >= 15 is 0 Å². The third-order valence-electron chi connectivity index (χ3n) is 3.26. The summed E-state index contributed by atoms with van der Waals surface area (Å²) >= 11 is 0. The van der Waals surface area contributed by atoms with Gasteiger partial charge in [0.15, 0.2) is 0 Å². The van der Waals surface area contributed by atoms with Gasteiger partial charge in [0, 0.05) is 18.8 Å². The molecular formula is C12H18N2O2. The maximum atomic E-state index is 11.4. The molecule has 1 fully saturated rings. The highest BCUT2D eigenvalue weighted by Crippen LogP contribution is 2.36. The molecule has 0 spiro atoms. The predicted octanol–water partition coefficient (Wildman–Crippen LogP) is 1.24. The summed E-state index contributed by atoms with van der Waals surface area (Å²) in [7, 11) is 3.25. The van der Waals surface area contributed by atoms with Crippen molar-refractivity contribution >= 4 is 5.97 Å². The molecule has 0 aromatic carbocycles. The summed E-state index contributed by atoms with van der Waals surface area (Å²) in [5.41, 5.74) is 7.85. The second-order valence-corrected chi connectivity index (χ2v) is 4.70. The van der Waals surface area contributed by atoms with Gasteiger partial charge >= 0.3 is 5.97 Å². The van der Waals surface area contributed by atoms with Crippen molar-refractivity contribution in [3.63, 3.8) is 0 Å². The molecule has 88 valence electrons. The smallest absolute Gasteiger partial charge is 0.354 e. The lowest BCUT2D eigenvalue weighted by molar-refractivity contribution is 0.0590. The number of aromatic nitrogens is 1. The van der Waals surface area contributed by atoms with Crippen LogP contribution in [0.2, 0.25) is 0 Å². The van der Waals surface area contributed by atoms with Crippen LogP contribution in [0.1, 0.15) is 35.3 Å². The zero-order valence-electron chi connectivity index (χ0n) is 9.82. The first-order valence-corrected chi connectivity index (χ1v) is 5.56. The summed E-state index contributed by atoms with van der Waals surface area (Å²) in [6, 6.07) is 1.89. The van der Waals surface area contributed by atoms with E-state index in [1.165, 1.54) is 7.11 Å². The van der Waals surface area contributed by atoms with Crippen molar-refractivity contribution in [2.45, 2.75) is 31.2 Å². The monoisotopic (exact) mass is 222 g/mol. The van der Waals surface area contributed by atoms with Crippen molar-refractivity contribution < 1.29 is 9.53 Å². The lowest BCUT2D eigenvalue weighted by Crippen LogP contribution is -2.21. The van der Waals surface area contributed by atoms with Crippen LogP contribution in [0.4, 0.5) is 0 Å². The van der Waals surface area contributed by atoms with E-state index in [1.54, 1.807) is 4.57 Å². The number of hydrogen-bond acceptors (Lipinski definition) is 3. The summed E-state index contributed by atoms with van der Waals surface area (Å²) in [4.78, 5) is 11.4. The number of aryl methyl sites for hydroxylation is 2. The molecule has 1 aromatic rings. The van der Waals surface area contributed by atoms with E-state index in [0.717, 1.165) is 31.2 Å². The molecule has 16 heavy (non-hydrogen) atoms. The number of nitrogens with zero attached hydrogens (tertiary/aromatic N) is 1. The number of ether oxygens (including phenoxy) is 1. The van der Waals surface area contributed by atoms with Gasteiger partial charge in [0.2, 0.25) is 0 Å². The molecule has 0 saturated heterocycles. The second-order valence-electron chi connectivity index (χ2n) is 4.70. The van der Waals surface area contributed by atoms with Crippen molar-refractivity contribution in [1.29, 1.82) is 0 Å². The van der Waals surface area contributed by atoms with Crippen molar-refractivity contribution in [3.8, 4) is 0 Å². The zero-order chi connectivity index (χ0) is 11.8. The Kier molecular flexibility index (Phi) is 2.76. The molecule has 4 nitrogen and oxygen atoms in total. The van der Waals surface area contributed by atoms with Crippen molar-refractivity contribution in [3.05, 3.63) is 23.5 Å². The minimum Gasteiger partial charge on any atom is -0.464 e. The summed E-state index contributed by atoms with van der Waals surface area (Å²) in [6.07, 6.45) is 6.16. The summed E-state index contributed by atoms with van der Waals surface area (Å²) in [5.74, 6) is -0.289. The van der Waals surface area contributed by atoms with Crippen molar-refractivity contribution in [1.82, 2.24) is 4.57 Å². The summed E-state index contributed by atoms with van der Waals surface area (Å²) in [6.45, 7) is 0. The minimum atomic E-state index is -0.289. The maximum absolute atomic E-state index is 11.4. The Morgan fingerprint density at radius 2 is 2.31 bits per heavy atom. The molecule has 1 saturated carbocycles. The van der Waals surface area contributed by atoms with Crippen LogP contribution in [0, 0.1) is 0 Å². The van der Waals surface area contributed by atoms with E-state index in [2.05, 4.69) is 0 Å². The van der Waals surface area contributed by atoms with Crippen LogP contribution < -0.4 is 5.73 Å². The van der Waals surface area contributed by atoms with Crippen LogP contribution in [0.3, 0.4) is 0 Å². The lowest BCUT2D eigenvalue weighted by Gasteiger charge is -2.05.